The summed E-state index contributed by atoms with van der Waals surface area (Å²) in [5.41, 5.74) is 2.08. The molecule has 0 radical (unpaired) electrons. The topological polar surface area (TPSA) is 65.5 Å². The third kappa shape index (κ3) is 4.56. The van der Waals surface area contributed by atoms with Crippen LogP contribution in [0.3, 0.4) is 0 Å². The number of benzene rings is 2. The number of nitrogens with zero attached hydrogens (tertiary/aromatic N) is 2. The summed E-state index contributed by atoms with van der Waals surface area (Å²) in [7, 11) is 0. The molecule has 1 aliphatic heterocycles. The van der Waals surface area contributed by atoms with E-state index in [0.717, 1.165) is 31.3 Å². The molecule has 5 nitrogen and oxygen atoms in total. The van der Waals surface area contributed by atoms with Crippen LogP contribution in [-0.2, 0) is 0 Å². The number of aromatic nitrogens is 1. The molecule has 33 heavy (non-hydrogen) atoms. The molecule has 9 heteroatoms. The summed E-state index contributed by atoms with van der Waals surface area (Å²) in [6.45, 7) is 2.33. The molecule has 3 heterocycles. The largest absolute Gasteiger partial charge is 0.372 e. The maximum Gasteiger partial charge on any atom is 0.252 e. The lowest BCUT2D eigenvalue weighted by atomic mass is 10.1. The van der Waals surface area contributed by atoms with E-state index < -0.39 is 6.23 Å². The van der Waals surface area contributed by atoms with E-state index in [1.54, 1.807) is 35.2 Å². The fourth-order valence-electron chi connectivity index (χ4n) is 4.00. The molecule has 2 aromatic carbocycles. The molecule has 2 unspecified atom stereocenters. The summed E-state index contributed by atoms with van der Waals surface area (Å²) in [6.07, 6.45) is -0.910. The van der Waals surface area contributed by atoms with Crippen molar-refractivity contribution in [1.82, 2.24) is 15.2 Å². The van der Waals surface area contributed by atoms with Crippen molar-refractivity contribution >= 4 is 50.4 Å². The zero-order valence-electron chi connectivity index (χ0n) is 17.8. The predicted octanol–water partition coefficient (Wildman–Crippen LogP) is 5.27. The van der Waals surface area contributed by atoms with Crippen molar-refractivity contribution < 1.29 is 14.3 Å². The first-order valence-electron chi connectivity index (χ1n) is 10.5. The number of thiazole rings is 1. The Balaban J connectivity index is 1.32. The van der Waals surface area contributed by atoms with E-state index in [1.165, 1.54) is 23.5 Å². The number of carbonyl (C=O) groups excluding carboxylic acids is 1. The number of aryl methyl sites for hydroxylation is 1. The number of aliphatic hydroxyl groups excluding tert-OH is 1. The van der Waals surface area contributed by atoms with E-state index in [-0.39, 0.29) is 17.8 Å². The van der Waals surface area contributed by atoms with Crippen molar-refractivity contribution in [3.05, 3.63) is 76.0 Å². The summed E-state index contributed by atoms with van der Waals surface area (Å²) in [5, 5.41) is 18.2. The first-order chi connectivity index (χ1) is 16.0. The van der Waals surface area contributed by atoms with Crippen molar-refractivity contribution in [2.45, 2.75) is 19.2 Å². The third-order valence-corrected chi connectivity index (χ3v) is 8.77. The molecule has 170 valence electrons. The molecule has 2 atom stereocenters. The molecule has 0 saturated carbocycles. The molecule has 0 bridgehead atoms. The summed E-state index contributed by atoms with van der Waals surface area (Å²) in [6, 6.07) is 14.0. The lowest BCUT2D eigenvalue weighted by Gasteiger charge is -2.28. The van der Waals surface area contributed by atoms with Crippen LogP contribution in [0, 0.1) is 12.7 Å². The number of aliphatic hydroxyl groups is 1. The van der Waals surface area contributed by atoms with Gasteiger partial charge in [-0.2, -0.15) is 0 Å². The molecule has 1 aliphatic rings. The molecule has 1 fully saturated rings. The van der Waals surface area contributed by atoms with Crippen LogP contribution in [0.4, 0.5) is 4.39 Å². The van der Waals surface area contributed by atoms with Gasteiger partial charge in [0.1, 0.15) is 11.5 Å². The molecule has 4 aromatic rings. The molecule has 0 spiro atoms. The molecule has 0 aliphatic carbocycles. The highest BCUT2D eigenvalue weighted by Gasteiger charge is 2.34. The number of rotatable bonds is 6. The van der Waals surface area contributed by atoms with Gasteiger partial charge in [-0.1, -0.05) is 24.3 Å². The summed E-state index contributed by atoms with van der Waals surface area (Å²) in [5.74, 6) is 1.04. The van der Waals surface area contributed by atoms with Crippen LogP contribution < -0.4 is 5.32 Å². The summed E-state index contributed by atoms with van der Waals surface area (Å²) in [4.78, 5) is 20.3. The van der Waals surface area contributed by atoms with Crippen molar-refractivity contribution in [1.29, 1.82) is 0 Å². The van der Waals surface area contributed by atoms with E-state index >= 15 is 0 Å². The summed E-state index contributed by atoms with van der Waals surface area (Å²) >= 11 is 4.76. The first kappa shape index (κ1) is 22.5. The lowest BCUT2D eigenvalue weighted by Crippen LogP contribution is -2.43. The quantitative estimate of drug-likeness (QED) is 0.379. The lowest BCUT2D eigenvalue weighted by molar-refractivity contribution is -0.00408. The number of amides is 1. The summed E-state index contributed by atoms with van der Waals surface area (Å²) < 4.78 is 14.4. The van der Waals surface area contributed by atoms with Crippen molar-refractivity contribution in [3.8, 4) is 10.4 Å². The minimum absolute atomic E-state index is 0.0282. The van der Waals surface area contributed by atoms with Gasteiger partial charge >= 0.3 is 0 Å². The minimum Gasteiger partial charge on any atom is -0.372 e. The van der Waals surface area contributed by atoms with Crippen LogP contribution >= 0.6 is 34.4 Å². The number of hydrogen-bond acceptors (Lipinski definition) is 7. The minimum atomic E-state index is -0.910. The molecular formula is C24H22FN3O2S3. The van der Waals surface area contributed by atoms with Gasteiger partial charge in [0, 0.05) is 28.9 Å². The average Bonchev–Trinajstić information content (AvgIpc) is 3.56. The zero-order chi connectivity index (χ0) is 22.9. The number of hydrogen-bond donors (Lipinski definition) is 2. The van der Waals surface area contributed by atoms with Crippen molar-refractivity contribution in [2.24, 2.45) is 0 Å². The average molecular weight is 500 g/mol. The Kier molecular flexibility index (Phi) is 6.49. The maximum absolute atomic E-state index is 13.4. The smallest absolute Gasteiger partial charge is 0.252 e. The second kappa shape index (κ2) is 9.52. The molecule has 1 amide bonds. The van der Waals surface area contributed by atoms with Gasteiger partial charge in [-0.05, 0) is 47.5 Å². The second-order valence-corrected chi connectivity index (χ2v) is 11.0. The van der Waals surface area contributed by atoms with E-state index in [0.29, 0.717) is 23.7 Å². The zero-order valence-corrected chi connectivity index (χ0v) is 20.3. The Bertz CT molecular complexity index is 1290. The van der Waals surface area contributed by atoms with Crippen molar-refractivity contribution in [3.63, 3.8) is 0 Å². The van der Waals surface area contributed by atoms with Gasteiger partial charge < -0.3 is 10.4 Å². The number of nitrogens with one attached hydrogen (secondary N) is 1. The fraction of sp³-hybridized carbons (Fsp3) is 0.250. The van der Waals surface area contributed by atoms with E-state index in [4.69, 9.17) is 0 Å². The highest BCUT2D eigenvalue weighted by atomic mass is 32.2. The molecule has 5 rings (SSSR count). The Labute approximate surface area is 203 Å². The van der Waals surface area contributed by atoms with Gasteiger partial charge in [0.05, 0.1) is 15.4 Å². The van der Waals surface area contributed by atoms with E-state index in [1.807, 2.05) is 41.5 Å². The predicted molar refractivity (Wildman–Crippen MR) is 134 cm³/mol. The Morgan fingerprint density at radius 1 is 1.27 bits per heavy atom. The Morgan fingerprint density at radius 3 is 2.91 bits per heavy atom. The van der Waals surface area contributed by atoms with Gasteiger partial charge in [-0.25, -0.2) is 9.37 Å². The van der Waals surface area contributed by atoms with Crippen LogP contribution in [0.15, 0.2) is 53.9 Å². The highest BCUT2D eigenvalue weighted by Crippen LogP contribution is 2.38. The normalized spacial score (nSPS) is 17.5. The van der Waals surface area contributed by atoms with Crippen LogP contribution in [0.2, 0.25) is 0 Å². The van der Waals surface area contributed by atoms with Crippen LogP contribution in [0.1, 0.15) is 27.3 Å². The monoisotopic (exact) mass is 499 g/mol. The molecule has 2 aromatic heterocycles. The fourth-order valence-corrected chi connectivity index (χ4v) is 7.11. The van der Waals surface area contributed by atoms with Gasteiger partial charge in [0.2, 0.25) is 0 Å². The van der Waals surface area contributed by atoms with Gasteiger partial charge in [0.15, 0.2) is 6.23 Å². The molecule has 1 saturated heterocycles. The van der Waals surface area contributed by atoms with E-state index in [9.17, 15) is 14.3 Å². The number of thioether (sulfide) groups is 1. The first-order valence-corrected chi connectivity index (χ1v) is 13.4. The number of halogens is 1. The Hall–Kier alpha value is -2.30. The molecular weight excluding hydrogens is 477 g/mol. The van der Waals surface area contributed by atoms with E-state index in [2.05, 4.69) is 10.3 Å². The number of thiophene rings is 1. The Morgan fingerprint density at radius 2 is 2.09 bits per heavy atom. The SMILES string of the molecule is Cc1nc(C(O)N2CSCC2CNC(=O)c2cccc3ccsc23)c(-c2ccc(F)cc2)s1. The number of fused-ring (bicyclic) bond motifs is 1. The van der Waals surface area contributed by atoms with Gasteiger partial charge in [-0.3, -0.25) is 9.69 Å². The maximum atomic E-state index is 13.4. The standard InChI is InChI=1S/C24H22FN3O2S3/c1-14-27-20(22(33-14)16-5-7-17(25)8-6-16)24(30)28-13-31-12-18(28)11-26-23(29)19-4-2-3-15-9-10-32-21(15)19/h2-10,18,24,30H,11-13H2,1H3,(H,26,29). The molecule has 2 N–H and O–H groups in total. The third-order valence-electron chi connectivity index (χ3n) is 5.67. The number of carbonyl (C=O) groups is 1. The van der Waals surface area contributed by atoms with Crippen LogP contribution in [0.5, 0.6) is 0 Å². The van der Waals surface area contributed by atoms with Crippen molar-refractivity contribution in [2.75, 3.05) is 18.2 Å². The van der Waals surface area contributed by atoms with Crippen LogP contribution in [-0.4, -0.2) is 45.1 Å². The second-order valence-electron chi connectivity index (χ2n) is 7.85. The van der Waals surface area contributed by atoms with Gasteiger partial charge in [0.25, 0.3) is 5.91 Å². The van der Waals surface area contributed by atoms with Gasteiger partial charge in [-0.15, -0.1) is 34.4 Å². The highest BCUT2D eigenvalue weighted by molar-refractivity contribution is 7.99. The van der Waals surface area contributed by atoms with Crippen LogP contribution in [0.25, 0.3) is 20.5 Å².